The van der Waals surface area contributed by atoms with Gasteiger partial charge < -0.3 is 19.7 Å². The highest BCUT2D eigenvalue weighted by molar-refractivity contribution is 5.99. The topological polar surface area (TPSA) is 111 Å². The number of nitro benzene ring substituents is 1. The summed E-state index contributed by atoms with van der Waals surface area (Å²) in [5.74, 6) is -1.88. The number of hydrogen-bond donors (Lipinski definition) is 1. The van der Waals surface area contributed by atoms with E-state index in [1.165, 1.54) is 36.4 Å². The van der Waals surface area contributed by atoms with Crippen molar-refractivity contribution in [2.45, 2.75) is 46.0 Å². The zero-order chi connectivity index (χ0) is 33.4. The van der Waals surface area contributed by atoms with Crippen LogP contribution in [0, 0.1) is 15.5 Å². The number of nitrogens with zero attached hydrogens (tertiary/aromatic N) is 2. The molecule has 1 N–H and O–H groups in total. The van der Waals surface area contributed by atoms with Crippen molar-refractivity contribution < 1.29 is 24.0 Å². The predicted molar refractivity (Wildman–Crippen MR) is 178 cm³/mol. The van der Waals surface area contributed by atoms with Crippen LogP contribution in [0.4, 0.5) is 5.69 Å². The molecule has 0 aromatic heterocycles. The molecule has 0 radical (unpaired) electrons. The molecule has 9 nitrogen and oxygen atoms in total. The third-order valence-electron chi connectivity index (χ3n) is 8.30. The predicted octanol–water partition coefficient (Wildman–Crippen LogP) is 6.73. The number of nitrogens with one attached hydrogen (secondary N) is 1. The maximum absolute atomic E-state index is 13.8. The minimum atomic E-state index is -0.903. The SMILES string of the molecule is COC(=O)C1=C(C)NC(C)=C(C(=O)OCC(C)(C)CN(C)CCC(c2ccccc2)c2ccccc2)C1c1cccc([N+](=O)[O-])c1. The lowest BCUT2D eigenvalue weighted by Crippen LogP contribution is -2.37. The van der Waals surface area contributed by atoms with Gasteiger partial charge in [-0.3, -0.25) is 10.1 Å². The minimum absolute atomic E-state index is 0.131. The normalized spacial score (nSPS) is 15.2. The van der Waals surface area contributed by atoms with Crippen LogP contribution in [-0.4, -0.2) is 55.6 Å². The van der Waals surface area contributed by atoms with Crippen molar-refractivity contribution in [2.75, 3.05) is 33.9 Å². The zero-order valence-corrected chi connectivity index (χ0v) is 27.4. The number of carbonyl (C=O) groups is 2. The molecule has 1 unspecified atom stereocenters. The van der Waals surface area contributed by atoms with Gasteiger partial charge in [0.1, 0.15) is 0 Å². The first-order valence-electron chi connectivity index (χ1n) is 15.4. The fraction of sp³-hybridized carbons (Fsp3) is 0.351. The molecule has 0 fully saturated rings. The number of allylic oxidation sites excluding steroid dienone is 2. The molecule has 1 aliphatic rings. The summed E-state index contributed by atoms with van der Waals surface area (Å²) in [6.07, 6.45) is 0.922. The Morgan fingerprint density at radius 2 is 1.48 bits per heavy atom. The van der Waals surface area contributed by atoms with Gasteiger partial charge >= 0.3 is 11.9 Å². The Balaban J connectivity index is 1.48. The van der Waals surface area contributed by atoms with Crippen LogP contribution in [0.3, 0.4) is 0 Å². The molecule has 1 atom stereocenters. The summed E-state index contributed by atoms with van der Waals surface area (Å²) < 4.78 is 11.0. The molecule has 0 bridgehead atoms. The Kier molecular flexibility index (Phi) is 11.1. The smallest absolute Gasteiger partial charge is 0.336 e. The highest BCUT2D eigenvalue weighted by Crippen LogP contribution is 2.40. The van der Waals surface area contributed by atoms with Crippen LogP contribution in [0.25, 0.3) is 0 Å². The van der Waals surface area contributed by atoms with Crippen LogP contribution < -0.4 is 5.32 Å². The molecule has 0 amide bonds. The first-order chi connectivity index (χ1) is 21.9. The van der Waals surface area contributed by atoms with Crippen LogP contribution >= 0.6 is 0 Å². The molecular weight excluding hydrogens is 582 g/mol. The summed E-state index contributed by atoms with van der Waals surface area (Å²) >= 11 is 0. The van der Waals surface area contributed by atoms with Crippen molar-refractivity contribution in [3.05, 3.63) is 134 Å². The number of esters is 2. The van der Waals surface area contributed by atoms with Gasteiger partial charge in [0, 0.05) is 41.4 Å². The lowest BCUT2D eigenvalue weighted by molar-refractivity contribution is -0.384. The molecule has 3 aromatic rings. The number of nitro groups is 1. The van der Waals surface area contributed by atoms with Crippen LogP contribution in [0.15, 0.2) is 107 Å². The van der Waals surface area contributed by atoms with E-state index in [0.717, 1.165) is 13.0 Å². The summed E-state index contributed by atoms with van der Waals surface area (Å²) in [5, 5.41) is 14.7. The number of rotatable bonds is 13. The summed E-state index contributed by atoms with van der Waals surface area (Å²) in [7, 11) is 3.33. The highest BCUT2D eigenvalue weighted by Gasteiger charge is 2.39. The quantitative estimate of drug-likeness (QED) is 0.127. The van der Waals surface area contributed by atoms with Crippen molar-refractivity contribution >= 4 is 17.6 Å². The monoisotopic (exact) mass is 625 g/mol. The molecule has 1 heterocycles. The molecule has 0 saturated carbocycles. The number of hydrogen-bond acceptors (Lipinski definition) is 8. The summed E-state index contributed by atoms with van der Waals surface area (Å²) in [4.78, 5) is 40.1. The van der Waals surface area contributed by atoms with E-state index in [2.05, 4.69) is 65.8 Å². The van der Waals surface area contributed by atoms with Gasteiger partial charge in [-0.2, -0.15) is 0 Å². The lowest BCUT2D eigenvalue weighted by atomic mass is 9.80. The third-order valence-corrected chi connectivity index (χ3v) is 8.30. The molecule has 242 valence electrons. The number of dihydropyridines is 1. The van der Waals surface area contributed by atoms with E-state index in [9.17, 15) is 19.7 Å². The summed E-state index contributed by atoms with van der Waals surface area (Å²) in [5.41, 5.74) is 3.85. The van der Waals surface area contributed by atoms with E-state index in [4.69, 9.17) is 9.47 Å². The molecule has 3 aromatic carbocycles. The fourth-order valence-corrected chi connectivity index (χ4v) is 6.24. The summed E-state index contributed by atoms with van der Waals surface area (Å²) in [6, 6.07) is 27.0. The molecular formula is C37H43N3O6. The minimum Gasteiger partial charge on any atom is -0.466 e. The largest absolute Gasteiger partial charge is 0.466 e. The Morgan fingerprint density at radius 3 is 2.02 bits per heavy atom. The van der Waals surface area contributed by atoms with E-state index in [0.29, 0.717) is 23.5 Å². The third kappa shape index (κ3) is 8.28. The molecule has 1 aliphatic heterocycles. The van der Waals surface area contributed by atoms with Crippen molar-refractivity contribution in [2.24, 2.45) is 5.41 Å². The van der Waals surface area contributed by atoms with E-state index in [1.54, 1.807) is 19.9 Å². The average Bonchev–Trinajstić information content (AvgIpc) is 3.04. The van der Waals surface area contributed by atoms with Crippen molar-refractivity contribution in [3.8, 4) is 0 Å². The average molecular weight is 626 g/mol. The number of non-ortho nitro benzene ring substituents is 1. The Labute approximate surface area is 271 Å². The second kappa shape index (κ2) is 15.0. The van der Waals surface area contributed by atoms with Crippen molar-refractivity contribution in [3.63, 3.8) is 0 Å². The van der Waals surface area contributed by atoms with E-state index in [1.807, 2.05) is 26.0 Å². The molecule has 0 saturated heterocycles. The van der Waals surface area contributed by atoms with Gasteiger partial charge in [-0.15, -0.1) is 0 Å². The van der Waals surface area contributed by atoms with Crippen molar-refractivity contribution in [1.29, 1.82) is 0 Å². The number of ether oxygens (including phenoxy) is 2. The Hall–Kier alpha value is -4.76. The summed E-state index contributed by atoms with van der Waals surface area (Å²) in [6.45, 7) is 9.17. The number of benzene rings is 3. The van der Waals surface area contributed by atoms with Crippen LogP contribution in [-0.2, 0) is 19.1 Å². The molecule has 0 spiro atoms. The van der Waals surface area contributed by atoms with Gasteiger partial charge in [-0.1, -0.05) is 86.6 Å². The first-order valence-corrected chi connectivity index (χ1v) is 15.4. The van der Waals surface area contributed by atoms with Crippen LogP contribution in [0.2, 0.25) is 0 Å². The second-order valence-corrected chi connectivity index (χ2v) is 12.6. The molecule has 46 heavy (non-hydrogen) atoms. The second-order valence-electron chi connectivity index (χ2n) is 12.6. The first kappa shape index (κ1) is 34.1. The van der Waals surface area contributed by atoms with E-state index in [-0.39, 0.29) is 29.4 Å². The van der Waals surface area contributed by atoms with Gasteiger partial charge in [-0.05, 0) is 50.6 Å². The van der Waals surface area contributed by atoms with Gasteiger partial charge in [0.05, 0.1) is 35.7 Å². The van der Waals surface area contributed by atoms with Crippen molar-refractivity contribution in [1.82, 2.24) is 10.2 Å². The van der Waals surface area contributed by atoms with Gasteiger partial charge in [0.2, 0.25) is 0 Å². The van der Waals surface area contributed by atoms with Gasteiger partial charge in [-0.25, -0.2) is 9.59 Å². The zero-order valence-electron chi connectivity index (χ0n) is 27.4. The fourth-order valence-electron chi connectivity index (χ4n) is 6.24. The van der Waals surface area contributed by atoms with E-state index < -0.39 is 28.2 Å². The highest BCUT2D eigenvalue weighted by atomic mass is 16.6. The maximum Gasteiger partial charge on any atom is 0.336 e. The number of methoxy groups -OCH3 is 1. The Bertz CT molecular complexity index is 1570. The molecule has 0 aliphatic carbocycles. The molecule has 9 heteroatoms. The maximum atomic E-state index is 13.8. The van der Waals surface area contributed by atoms with E-state index >= 15 is 0 Å². The lowest BCUT2D eigenvalue weighted by Gasteiger charge is -2.33. The molecule has 4 rings (SSSR count). The van der Waals surface area contributed by atoms with Gasteiger partial charge in [0.25, 0.3) is 5.69 Å². The van der Waals surface area contributed by atoms with Crippen LogP contribution in [0.5, 0.6) is 0 Å². The van der Waals surface area contributed by atoms with Crippen LogP contribution in [0.1, 0.15) is 62.6 Å². The Morgan fingerprint density at radius 1 is 0.913 bits per heavy atom. The van der Waals surface area contributed by atoms with Gasteiger partial charge in [0.15, 0.2) is 0 Å². The standard InChI is InChI=1S/C37H43N3O6/c1-25-32(35(41)45-6)34(29-18-13-19-30(22-29)40(43)44)33(26(2)38-25)36(42)46-24-37(3,4)23-39(5)21-20-31(27-14-9-7-10-15-27)28-16-11-8-12-17-28/h7-19,22,31,34,38H,20-21,23-24H2,1-6H3. The number of carbonyl (C=O) groups excluding carboxylic acids is 2.